The second-order valence-corrected chi connectivity index (χ2v) is 4.70. The zero-order chi connectivity index (χ0) is 17.6. The summed E-state index contributed by atoms with van der Waals surface area (Å²) in [6, 6.07) is 4.94. The minimum atomic E-state index is -0.637. The Bertz CT molecular complexity index is 1060. The molecule has 0 fully saturated rings. The monoisotopic (exact) mass is 344 g/mol. The third-order valence-corrected chi connectivity index (χ3v) is 3.33. The predicted molar refractivity (Wildman–Crippen MR) is 77.0 cm³/mol. The van der Waals surface area contributed by atoms with Crippen LogP contribution in [0.2, 0.25) is 0 Å². The van der Waals surface area contributed by atoms with Crippen molar-refractivity contribution in [1.82, 2.24) is 20.6 Å². The summed E-state index contributed by atoms with van der Waals surface area (Å²) in [6.45, 7) is 0. The van der Waals surface area contributed by atoms with Gasteiger partial charge in [0.2, 0.25) is 11.0 Å². The third kappa shape index (κ3) is 2.18. The molecule has 2 heterocycles. The number of nitrogens with zero attached hydrogens (tertiary/aromatic N) is 6. The van der Waals surface area contributed by atoms with E-state index in [4.69, 9.17) is 4.74 Å². The minimum absolute atomic E-state index is 0.0113. The molecule has 0 aliphatic carbocycles. The lowest BCUT2D eigenvalue weighted by atomic mass is 10.2. The van der Waals surface area contributed by atoms with Crippen LogP contribution >= 0.6 is 0 Å². The van der Waals surface area contributed by atoms with E-state index in [2.05, 4.69) is 29.9 Å². The molecule has 124 valence electrons. The van der Waals surface area contributed by atoms with Crippen molar-refractivity contribution in [2.75, 3.05) is 0 Å². The number of fused-ring (bicyclic) bond motifs is 2. The van der Waals surface area contributed by atoms with Gasteiger partial charge in [0.15, 0.2) is 22.5 Å². The molecule has 2 aromatic heterocycles. The maximum atomic E-state index is 11.0. The maximum Gasteiger partial charge on any atom is 0.301 e. The van der Waals surface area contributed by atoms with Gasteiger partial charge >= 0.3 is 11.4 Å². The van der Waals surface area contributed by atoms with Crippen molar-refractivity contribution in [3.8, 4) is 11.5 Å². The molecular weight excluding hydrogens is 340 g/mol. The highest BCUT2D eigenvalue weighted by molar-refractivity contribution is 5.91. The molecule has 0 spiro atoms. The van der Waals surface area contributed by atoms with Gasteiger partial charge < -0.3 is 4.74 Å². The molecule has 0 saturated carbocycles. The second kappa shape index (κ2) is 5.19. The topological polar surface area (TPSA) is 173 Å². The smallest absolute Gasteiger partial charge is 0.301 e. The molecule has 0 aliphatic rings. The number of nitro groups is 2. The number of hydrogen-bond donors (Lipinski definition) is 0. The highest BCUT2D eigenvalue weighted by Crippen LogP contribution is 2.37. The van der Waals surface area contributed by atoms with Gasteiger partial charge in [-0.1, -0.05) is 0 Å². The summed E-state index contributed by atoms with van der Waals surface area (Å²) in [5.74, 6) is 0.167. The van der Waals surface area contributed by atoms with Crippen LogP contribution in [0.5, 0.6) is 11.5 Å². The van der Waals surface area contributed by atoms with Gasteiger partial charge in [0, 0.05) is 12.1 Å². The molecule has 25 heavy (non-hydrogen) atoms. The number of ether oxygens (including phenoxy) is 1. The van der Waals surface area contributed by atoms with Crippen LogP contribution in [0.15, 0.2) is 33.5 Å². The third-order valence-electron chi connectivity index (χ3n) is 3.33. The second-order valence-electron chi connectivity index (χ2n) is 4.70. The van der Waals surface area contributed by atoms with Gasteiger partial charge in [0.05, 0.1) is 9.85 Å². The largest absolute Gasteiger partial charge is 0.452 e. The van der Waals surface area contributed by atoms with E-state index < -0.39 is 9.85 Å². The van der Waals surface area contributed by atoms with Gasteiger partial charge in [0.25, 0.3) is 0 Å². The van der Waals surface area contributed by atoms with Crippen molar-refractivity contribution in [3.05, 3.63) is 44.5 Å². The number of hydrogen-bond acceptors (Lipinski definition) is 11. The standard InChI is InChI=1S/C12H4N6O7/c19-17(20)5-1-3-7(11-9(5)13-24-15-11)23-8-4-2-6(18(21)22)10-12(8)16-25-14-10/h1-4H. The molecule has 0 saturated heterocycles. The zero-order valence-corrected chi connectivity index (χ0v) is 11.9. The number of benzene rings is 2. The van der Waals surface area contributed by atoms with Crippen LogP contribution < -0.4 is 4.74 Å². The molecule has 0 atom stereocenters. The Kier molecular flexibility index (Phi) is 3.00. The number of nitro benzene ring substituents is 2. The first-order chi connectivity index (χ1) is 12.1. The molecule has 2 aromatic carbocycles. The number of rotatable bonds is 4. The van der Waals surface area contributed by atoms with E-state index in [0.717, 1.165) is 0 Å². The van der Waals surface area contributed by atoms with Crippen LogP contribution in [-0.2, 0) is 0 Å². The molecule has 0 amide bonds. The van der Waals surface area contributed by atoms with Crippen LogP contribution in [-0.4, -0.2) is 30.5 Å². The first-order valence-corrected chi connectivity index (χ1v) is 6.53. The fourth-order valence-corrected chi connectivity index (χ4v) is 2.24. The average Bonchev–Trinajstić information content (AvgIpc) is 3.24. The van der Waals surface area contributed by atoms with Crippen LogP contribution in [0, 0.1) is 20.2 Å². The molecule has 4 rings (SSSR count). The zero-order valence-electron chi connectivity index (χ0n) is 11.9. The van der Waals surface area contributed by atoms with Crippen LogP contribution in [0.25, 0.3) is 22.1 Å². The summed E-state index contributed by atoms with van der Waals surface area (Å²) >= 11 is 0. The Labute approximate surface area is 135 Å². The molecule has 4 aromatic rings. The number of non-ortho nitro benzene ring substituents is 2. The maximum absolute atomic E-state index is 11.0. The first-order valence-electron chi connectivity index (χ1n) is 6.53. The predicted octanol–water partition coefficient (Wildman–Crippen LogP) is 2.37. The highest BCUT2D eigenvalue weighted by Gasteiger charge is 2.24. The molecule has 13 heteroatoms. The summed E-state index contributed by atoms with van der Waals surface area (Å²) in [6.07, 6.45) is 0. The van der Waals surface area contributed by atoms with E-state index in [1.807, 2.05) is 0 Å². The van der Waals surface area contributed by atoms with Crippen molar-refractivity contribution in [2.24, 2.45) is 0 Å². The van der Waals surface area contributed by atoms with Gasteiger partial charge in [-0.3, -0.25) is 20.2 Å². The Hall–Kier alpha value is -4.16. The number of aromatic nitrogens is 4. The van der Waals surface area contributed by atoms with Crippen molar-refractivity contribution in [3.63, 3.8) is 0 Å². The Morgan fingerprint density at radius 1 is 0.720 bits per heavy atom. The van der Waals surface area contributed by atoms with Gasteiger partial charge in [0.1, 0.15) is 0 Å². The van der Waals surface area contributed by atoms with E-state index in [1.54, 1.807) is 0 Å². The first kappa shape index (κ1) is 14.4. The van der Waals surface area contributed by atoms with E-state index in [9.17, 15) is 20.2 Å². The highest BCUT2D eigenvalue weighted by atomic mass is 16.6. The lowest BCUT2D eigenvalue weighted by Crippen LogP contribution is -1.94. The van der Waals surface area contributed by atoms with Crippen LogP contribution in [0.4, 0.5) is 11.4 Å². The summed E-state index contributed by atoms with van der Waals surface area (Å²) < 4.78 is 14.7. The van der Waals surface area contributed by atoms with E-state index in [1.165, 1.54) is 24.3 Å². The van der Waals surface area contributed by atoms with E-state index in [-0.39, 0.29) is 44.9 Å². The molecule has 0 radical (unpaired) electrons. The van der Waals surface area contributed by atoms with Crippen LogP contribution in [0.3, 0.4) is 0 Å². The van der Waals surface area contributed by atoms with Crippen molar-refractivity contribution in [2.45, 2.75) is 0 Å². The summed E-state index contributed by atoms with van der Waals surface area (Å²) in [4.78, 5) is 20.7. The van der Waals surface area contributed by atoms with Crippen molar-refractivity contribution < 1.29 is 23.8 Å². The quantitative estimate of drug-likeness (QED) is 0.392. The summed E-state index contributed by atoms with van der Waals surface area (Å²) in [5.41, 5.74) is -0.784. The normalized spacial score (nSPS) is 11.0. The van der Waals surface area contributed by atoms with Gasteiger partial charge in [-0.05, 0) is 32.8 Å². The summed E-state index contributed by atoms with van der Waals surface area (Å²) in [7, 11) is 0. The molecule has 0 unspecified atom stereocenters. The average molecular weight is 344 g/mol. The van der Waals surface area contributed by atoms with Crippen molar-refractivity contribution >= 4 is 33.4 Å². The minimum Gasteiger partial charge on any atom is -0.452 e. The molecular formula is C12H4N6O7. The van der Waals surface area contributed by atoms with Gasteiger partial charge in [-0.2, -0.15) is 0 Å². The van der Waals surface area contributed by atoms with Crippen molar-refractivity contribution in [1.29, 1.82) is 0 Å². The van der Waals surface area contributed by atoms with E-state index in [0.29, 0.717) is 0 Å². The van der Waals surface area contributed by atoms with E-state index >= 15 is 0 Å². The Morgan fingerprint density at radius 3 is 1.52 bits per heavy atom. The fraction of sp³-hybridized carbons (Fsp3) is 0. The molecule has 0 aliphatic heterocycles. The lowest BCUT2D eigenvalue weighted by molar-refractivity contribution is -0.383. The molecule has 13 nitrogen and oxygen atoms in total. The fourth-order valence-electron chi connectivity index (χ4n) is 2.24. The summed E-state index contributed by atoms with van der Waals surface area (Å²) in [5, 5.41) is 36.1. The Balaban J connectivity index is 1.84. The van der Waals surface area contributed by atoms with Gasteiger partial charge in [-0.25, -0.2) is 9.26 Å². The van der Waals surface area contributed by atoms with Gasteiger partial charge in [-0.15, -0.1) is 0 Å². The molecule has 0 N–H and O–H groups in total. The molecule has 0 bridgehead atoms. The van der Waals surface area contributed by atoms with Crippen LogP contribution in [0.1, 0.15) is 0 Å². The lowest BCUT2D eigenvalue weighted by Gasteiger charge is -2.05. The Morgan fingerprint density at radius 2 is 1.12 bits per heavy atom. The SMILES string of the molecule is O=[N+]([O-])c1ccc(Oc2ccc([N+](=O)[O-])c3nonc23)c2nonc12.